The molecule has 1 atom stereocenters. The summed E-state index contributed by atoms with van der Waals surface area (Å²) in [6.07, 6.45) is -5.58. The van der Waals surface area contributed by atoms with E-state index in [2.05, 4.69) is 4.74 Å². The van der Waals surface area contributed by atoms with Crippen LogP contribution in [-0.4, -0.2) is 17.3 Å². The van der Waals surface area contributed by atoms with E-state index in [0.717, 1.165) is 13.0 Å². The lowest BCUT2D eigenvalue weighted by Crippen LogP contribution is -2.20. The smallest absolute Gasteiger partial charge is 0.390 e. The third kappa shape index (κ3) is 4.25. The third-order valence-corrected chi connectivity index (χ3v) is 2.12. The summed E-state index contributed by atoms with van der Waals surface area (Å²) in [5, 5.41) is 9.47. The van der Waals surface area contributed by atoms with E-state index in [4.69, 9.17) is 5.73 Å². The summed E-state index contributed by atoms with van der Waals surface area (Å²) in [4.78, 5) is 10.7. The van der Waals surface area contributed by atoms with Gasteiger partial charge in [-0.05, 0) is 17.7 Å². The molecule has 0 saturated carbocycles. The van der Waals surface area contributed by atoms with Crippen molar-refractivity contribution in [2.45, 2.75) is 25.6 Å². The number of phenolic OH excluding ortho intramolecular Hbond substituents is 1. The fourth-order valence-electron chi connectivity index (χ4n) is 1.37. The number of hydrogen-bond acceptors (Lipinski definition) is 4. The maximum Gasteiger partial charge on any atom is 0.390 e. The number of rotatable bonds is 3. The Morgan fingerprint density at radius 3 is 2.56 bits per heavy atom. The second-order valence-corrected chi connectivity index (χ2v) is 3.75. The first-order valence-electron chi connectivity index (χ1n) is 5.02. The summed E-state index contributed by atoms with van der Waals surface area (Å²) in [7, 11) is 0. The van der Waals surface area contributed by atoms with Crippen LogP contribution in [0.15, 0.2) is 18.2 Å². The zero-order valence-corrected chi connectivity index (χ0v) is 9.49. The van der Waals surface area contributed by atoms with E-state index in [1.807, 2.05) is 0 Å². The molecule has 0 saturated heterocycles. The predicted octanol–water partition coefficient (Wildman–Crippen LogP) is 2.27. The highest BCUT2D eigenvalue weighted by Gasteiger charge is 2.31. The van der Waals surface area contributed by atoms with Gasteiger partial charge >= 0.3 is 12.1 Å². The maximum atomic E-state index is 12.1. The van der Waals surface area contributed by atoms with Gasteiger partial charge in [0.2, 0.25) is 0 Å². The lowest BCUT2D eigenvalue weighted by Gasteiger charge is -2.15. The Balaban J connectivity index is 2.87. The summed E-state index contributed by atoms with van der Waals surface area (Å²) in [5.41, 5.74) is 5.47. The molecule has 1 aromatic carbocycles. The number of carbonyl (C=O) groups is 1. The molecule has 18 heavy (non-hydrogen) atoms. The molecule has 0 aromatic heterocycles. The number of phenols is 1. The highest BCUT2D eigenvalue weighted by atomic mass is 19.4. The summed E-state index contributed by atoms with van der Waals surface area (Å²) in [6, 6.07) is 2.24. The van der Waals surface area contributed by atoms with Crippen molar-refractivity contribution in [1.29, 1.82) is 0 Å². The van der Waals surface area contributed by atoms with Crippen LogP contribution in [0.1, 0.15) is 24.9 Å². The highest BCUT2D eigenvalue weighted by Crippen LogP contribution is 2.33. The first-order chi connectivity index (χ1) is 8.19. The van der Waals surface area contributed by atoms with Crippen LogP contribution in [-0.2, 0) is 4.79 Å². The average molecular weight is 263 g/mol. The Labute approximate surface area is 101 Å². The van der Waals surface area contributed by atoms with Gasteiger partial charge in [0.1, 0.15) is 0 Å². The van der Waals surface area contributed by atoms with Crippen molar-refractivity contribution in [2.24, 2.45) is 5.73 Å². The van der Waals surface area contributed by atoms with Crippen molar-refractivity contribution in [3.05, 3.63) is 23.8 Å². The number of nitrogens with two attached hydrogens (primary N) is 1. The first-order valence-corrected chi connectivity index (χ1v) is 5.02. The van der Waals surface area contributed by atoms with Gasteiger partial charge in [0.15, 0.2) is 11.5 Å². The molecule has 7 heteroatoms. The van der Waals surface area contributed by atoms with E-state index in [1.54, 1.807) is 0 Å². The Kier molecular flexibility index (Phi) is 4.18. The lowest BCUT2D eigenvalue weighted by molar-refractivity contribution is -0.138. The van der Waals surface area contributed by atoms with Crippen LogP contribution in [0.2, 0.25) is 0 Å². The SMILES string of the molecule is CC(=O)Oc1ccc([C@H](N)CC(F)(F)F)cc1O. The number of aromatic hydroxyl groups is 1. The highest BCUT2D eigenvalue weighted by molar-refractivity contribution is 5.70. The number of esters is 1. The molecule has 1 rings (SSSR count). The second-order valence-electron chi connectivity index (χ2n) is 3.75. The normalized spacial score (nSPS) is 13.2. The molecular weight excluding hydrogens is 251 g/mol. The Bertz CT molecular complexity index is 446. The van der Waals surface area contributed by atoms with Crippen LogP contribution >= 0.6 is 0 Å². The van der Waals surface area contributed by atoms with Gasteiger partial charge in [-0.1, -0.05) is 6.07 Å². The molecule has 0 heterocycles. The average Bonchev–Trinajstić information content (AvgIpc) is 2.17. The molecule has 0 spiro atoms. The molecule has 0 aliphatic rings. The minimum Gasteiger partial charge on any atom is -0.504 e. The zero-order valence-electron chi connectivity index (χ0n) is 9.49. The summed E-state index contributed by atoms with van der Waals surface area (Å²) in [6.45, 7) is 1.14. The minimum atomic E-state index is -4.39. The van der Waals surface area contributed by atoms with Crippen molar-refractivity contribution in [2.75, 3.05) is 0 Å². The number of hydrogen-bond donors (Lipinski definition) is 2. The van der Waals surface area contributed by atoms with Gasteiger partial charge in [-0.2, -0.15) is 13.2 Å². The van der Waals surface area contributed by atoms with Crippen molar-refractivity contribution in [3.8, 4) is 11.5 Å². The maximum absolute atomic E-state index is 12.1. The van der Waals surface area contributed by atoms with E-state index < -0.39 is 30.4 Å². The summed E-state index contributed by atoms with van der Waals surface area (Å²) >= 11 is 0. The minimum absolute atomic E-state index is 0.112. The quantitative estimate of drug-likeness (QED) is 0.648. The number of alkyl halides is 3. The zero-order chi connectivity index (χ0) is 13.9. The topological polar surface area (TPSA) is 72.5 Å². The Hall–Kier alpha value is -1.76. The van der Waals surface area contributed by atoms with Crippen LogP contribution < -0.4 is 10.5 Å². The van der Waals surface area contributed by atoms with Gasteiger partial charge in [-0.15, -0.1) is 0 Å². The van der Waals surface area contributed by atoms with Gasteiger partial charge < -0.3 is 15.6 Å². The Morgan fingerprint density at radius 1 is 1.50 bits per heavy atom. The van der Waals surface area contributed by atoms with E-state index in [0.29, 0.717) is 0 Å². The molecule has 3 N–H and O–H groups in total. The van der Waals surface area contributed by atoms with Crippen LogP contribution in [0.3, 0.4) is 0 Å². The molecule has 0 fully saturated rings. The fraction of sp³-hybridized carbons (Fsp3) is 0.364. The van der Waals surface area contributed by atoms with E-state index in [9.17, 15) is 23.1 Å². The first kappa shape index (κ1) is 14.3. The standard InChI is InChI=1S/C11H12F3NO3/c1-6(16)18-10-3-2-7(4-9(10)17)8(15)5-11(12,13)14/h2-4,8,17H,5,15H2,1H3/t8-/m1/s1. The molecule has 0 bridgehead atoms. The largest absolute Gasteiger partial charge is 0.504 e. The summed E-state index contributed by atoms with van der Waals surface area (Å²) in [5.74, 6) is -1.19. The fourth-order valence-corrected chi connectivity index (χ4v) is 1.37. The van der Waals surface area contributed by atoms with E-state index >= 15 is 0 Å². The van der Waals surface area contributed by atoms with Crippen LogP contribution in [0, 0.1) is 0 Å². The number of halogens is 3. The predicted molar refractivity (Wildman–Crippen MR) is 57.0 cm³/mol. The molecule has 0 aliphatic heterocycles. The van der Waals surface area contributed by atoms with Gasteiger partial charge in [-0.25, -0.2) is 0 Å². The molecule has 0 unspecified atom stereocenters. The number of carbonyl (C=O) groups excluding carboxylic acids is 1. The Morgan fingerprint density at radius 2 is 2.11 bits per heavy atom. The molecule has 1 aromatic rings. The van der Waals surface area contributed by atoms with Crippen LogP contribution in [0.4, 0.5) is 13.2 Å². The molecular formula is C11H12F3NO3. The second kappa shape index (κ2) is 5.26. The van der Waals surface area contributed by atoms with Crippen molar-refractivity contribution in [1.82, 2.24) is 0 Å². The van der Waals surface area contributed by atoms with Crippen LogP contribution in [0.25, 0.3) is 0 Å². The van der Waals surface area contributed by atoms with E-state index in [1.165, 1.54) is 12.1 Å². The number of benzene rings is 1. The van der Waals surface area contributed by atoms with E-state index in [-0.39, 0.29) is 11.3 Å². The van der Waals surface area contributed by atoms with Crippen molar-refractivity contribution in [3.63, 3.8) is 0 Å². The monoisotopic (exact) mass is 263 g/mol. The molecule has 4 nitrogen and oxygen atoms in total. The van der Waals surface area contributed by atoms with Gasteiger partial charge in [-0.3, -0.25) is 4.79 Å². The molecule has 100 valence electrons. The van der Waals surface area contributed by atoms with Gasteiger partial charge in [0.25, 0.3) is 0 Å². The molecule has 0 amide bonds. The van der Waals surface area contributed by atoms with Crippen molar-refractivity contribution < 1.29 is 27.8 Å². The number of ether oxygens (including phenoxy) is 1. The molecule has 0 aliphatic carbocycles. The lowest BCUT2D eigenvalue weighted by atomic mass is 10.0. The van der Waals surface area contributed by atoms with Gasteiger partial charge in [0, 0.05) is 13.0 Å². The summed E-state index contributed by atoms with van der Waals surface area (Å²) < 4.78 is 41.0. The van der Waals surface area contributed by atoms with Crippen molar-refractivity contribution >= 4 is 5.97 Å². The van der Waals surface area contributed by atoms with Crippen LogP contribution in [0.5, 0.6) is 11.5 Å². The van der Waals surface area contributed by atoms with Gasteiger partial charge in [0.05, 0.1) is 6.42 Å². The molecule has 0 radical (unpaired) electrons. The third-order valence-electron chi connectivity index (χ3n) is 2.12.